The highest BCUT2D eigenvalue weighted by atomic mass is 32.2. The van der Waals surface area contributed by atoms with Gasteiger partial charge in [0.15, 0.2) is 9.84 Å². The zero-order valence-electron chi connectivity index (χ0n) is 12.7. The predicted octanol–water partition coefficient (Wildman–Crippen LogP) is 1.56. The molecule has 0 bridgehead atoms. The number of benzene rings is 1. The van der Waals surface area contributed by atoms with Gasteiger partial charge in [-0.25, -0.2) is 8.42 Å². The van der Waals surface area contributed by atoms with Crippen molar-refractivity contribution in [2.75, 3.05) is 23.0 Å². The van der Waals surface area contributed by atoms with E-state index >= 15 is 0 Å². The van der Waals surface area contributed by atoms with E-state index in [2.05, 4.69) is 0 Å². The van der Waals surface area contributed by atoms with Crippen LogP contribution in [0.1, 0.15) is 25.3 Å². The fraction of sp³-hybridized carbons (Fsp3) is 0.562. The fourth-order valence-electron chi connectivity index (χ4n) is 3.32. The van der Waals surface area contributed by atoms with Crippen LogP contribution in [0.4, 0.5) is 5.69 Å². The average molecular weight is 323 g/mol. The van der Waals surface area contributed by atoms with Gasteiger partial charge in [-0.3, -0.25) is 4.79 Å². The lowest BCUT2D eigenvalue weighted by Crippen LogP contribution is -2.40. The lowest BCUT2D eigenvalue weighted by atomic mass is 10.1. The second kappa shape index (κ2) is 6.01. The first-order chi connectivity index (χ1) is 10.5. The second-order valence-corrected chi connectivity index (χ2v) is 8.24. The molecule has 5 nitrogen and oxygen atoms in total. The van der Waals surface area contributed by atoms with Crippen molar-refractivity contribution in [3.05, 3.63) is 29.8 Å². The SMILES string of the molecule is C[C@@H]1Cc2ccccc2N1C(=O)CS(=O)(=O)C[C@H]1CCCO1. The number of nitrogens with zero attached hydrogens (tertiary/aromatic N) is 1. The highest BCUT2D eigenvalue weighted by Crippen LogP contribution is 2.32. The Morgan fingerprint density at radius 3 is 2.86 bits per heavy atom. The molecule has 22 heavy (non-hydrogen) atoms. The van der Waals surface area contributed by atoms with E-state index in [0.717, 1.165) is 30.5 Å². The van der Waals surface area contributed by atoms with Gasteiger partial charge < -0.3 is 9.64 Å². The molecule has 0 saturated carbocycles. The molecule has 120 valence electrons. The molecule has 0 N–H and O–H groups in total. The van der Waals surface area contributed by atoms with Crippen molar-refractivity contribution in [1.82, 2.24) is 0 Å². The van der Waals surface area contributed by atoms with Crippen LogP contribution in [0.3, 0.4) is 0 Å². The van der Waals surface area contributed by atoms with Crippen LogP contribution >= 0.6 is 0 Å². The zero-order valence-corrected chi connectivity index (χ0v) is 13.5. The van der Waals surface area contributed by atoms with Crippen molar-refractivity contribution in [1.29, 1.82) is 0 Å². The van der Waals surface area contributed by atoms with Crippen molar-refractivity contribution in [3.8, 4) is 0 Å². The Morgan fingerprint density at radius 2 is 2.14 bits per heavy atom. The first-order valence-electron chi connectivity index (χ1n) is 7.68. The molecule has 0 aliphatic carbocycles. The quantitative estimate of drug-likeness (QED) is 0.843. The number of anilines is 1. The monoisotopic (exact) mass is 323 g/mol. The molecule has 1 aromatic rings. The minimum absolute atomic E-state index is 0.00262. The predicted molar refractivity (Wildman–Crippen MR) is 84.7 cm³/mol. The summed E-state index contributed by atoms with van der Waals surface area (Å²) >= 11 is 0. The van der Waals surface area contributed by atoms with Crippen molar-refractivity contribution in [2.45, 2.75) is 38.3 Å². The fourth-order valence-corrected chi connectivity index (χ4v) is 4.78. The maximum Gasteiger partial charge on any atom is 0.242 e. The maximum absolute atomic E-state index is 12.5. The molecule has 0 radical (unpaired) electrons. The maximum atomic E-state index is 12.5. The summed E-state index contributed by atoms with van der Waals surface area (Å²) in [7, 11) is -3.44. The van der Waals surface area contributed by atoms with Crippen molar-refractivity contribution < 1.29 is 17.9 Å². The Bertz CT molecular complexity index is 664. The lowest BCUT2D eigenvalue weighted by Gasteiger charge is -2.23. The summed E-state index contributed by atoms with van der Waals surface area (Å²) in [6.45, 7) is 2.56. The average Bonchev–Trinajstić information content (AvgIpc) is 3.03. The third-order valence-electron chi connectivity index (χ3n) is 4.28. The third kappa shape index (κ3) is 3.17. The number of ether oxygens (including phenoxy) is 1. The number of rotatable bonds is 4. The number of sulfone groups is 1. The zero-order chi connectivity index (χ0) is 15.7. The molecular weight excluding hydrogens is 302 g/mol. The van der Waals surface area contributed by atoms with Crippen LogP contribution in [-0.4, -0.2) is 44.6 Å². The van der Waals surface area contributed by atoms with Gasteiger partial charge >= 0.3 is 0 Å². The third-order valence-corrected chi connectivity index (χ3v) is 5.85. The van der Waals surface area contributed by atoms with Gasteiger partial charge in [-0.2, -0.15) is 0 Å². The molecule has 2 aliphatic rings. The summed E-state index contributed by atoms with van der Waals surface area (Å²) in [5.41, 5.74) is 1.94. The number of carbonyl (C=O) groups is 1. The summed E-state index contributed by atoms with van der Waals surface area (Å²) in [6, 6.07) is 7.68. The highest BCUT2D eigenvalue weighted by molar-refractivity contribution is 7.92. The number of fused-ring (bicyclic) bond motifs is 1. The van der Waals surface area contributed by atoms with Crippen LogP contribution in [0.15, 0.2) is 24.3 Å². The molecule has 0 aromatic heterocycles. The van der Waals surface area contributed by atoms with Crippen LogP contribution in [0.5, 0.6) is 0 Å². The molecule has 0 spiro atoms. The largest absolute Gasteiger partial charge is 0.377 e. The minimum atomic E-state index is -3.44. The van der Waals surface area contributed by atoms with E-state index in [1.165, 1.54) is 0 Å². The summed E-state index contributed by atoms with van der Waals surface area (Å²) in [6.07, 6.45) is 2.18. The summed E-state index contributed by atoms with van der Waals surface area (Å²) in [5.74, 6) is -0.829. The molecule has 3 rings (SSSR count). The van der Waals surface area contributed by atoms with Gasteiger partial charge in [-0.15, -0.1) is 0 Å². The molecular formula is C16H21NO4S. The first kappa shape index (κ1) is 15.5. The molecule has 1 fully saturated rings. The van der Waals surface area contributed by atoms with Gasteiger partial charge in [-0.1, -0.05) is 18.2 Å². The second-order valence-electron chi connectivity index (χ2n) is 6.14. The molecule has 2 aliphatic heterocycles. The molecule has 2 heterocycles. The van der Waals surface area contributed by atoms with Crippen molar-refractivity contribution in [3.63, 3.8) is 0 Å². The summed E-state index contributed by atoms with van der Waals surface area (Å²) in [5, 5.41) is 0. The lowest BCUT2D eigenvalue weighted by molar-refractivity contribution is -0.116. The number of carbonyl (C=O) groups excluding carboxylic acids is 1. The Hall–Kier alpha value is -1.40. The van der Waals surface area contributed by atoms with Gasteiger partial charge in [0, 0.05) is 18.3 Å². The van der Waals surface area contributed by atoms with E-state index in [9.17, 15) is 13.2 Å². The first-order valence-corrected chi connectivity index (χ1v) is 9.50. The van der Waals surface area contributed by atoms with Crippen molar-refractivity contribution in [2.24, 2.45) is 0 Å². The van der Waals surface area contributed by atoms with Crippen molar-refractivity contribution >= 4 is 21.4 Å². The van der Waals surface area contributed by atoms with E-state index in [0.29, 0.717) is 6.61 Å². The van der Waals surface area contributed by atoms with Gasteiger partial charge in [0.25, 0.3) is 0 Å². The number of hydrogen-bond donors (Lipinski definition) is 0. The molecule has 1 saturated heterocycles. The van der Waals surface area contributed by atoms with E-state index in [1.54, 1.807) is 4.90 Å². The van der Waals surface area contributed by atoms with Crippen LogP contribution in [-0.2, 0) is 25.8 Å². The Kier molecular flexibility index (Phi) is 4.23. The number of para-hydroxylation sites is 1. The van der Waals surface area contributed by atoms with E-state index in [1.807, 2.05) is 31.2 Å². The highest BCUT2D eigenvalue weighted by Gasteiger charge is 2.34. The summed E-state index contributed by atoms with van der Waals surface area (Å²) in [4.78, 5) is 14.1. The standard InChI is InChI=1S/C16H21NO4S/c1-12-9-13-5-2-3-7-15(13)17(12)16(18)11-22(19,20)10-14-6-4-8-21-14/h2-3,5,7,12,14H,4,6,8-11H2,1H3/t12-,14-/m1/s1. The molecule has 0 unspecified atom stereocenters. The molecule has 6 heteroatoms. The van der Waals surface area contributed by atoms with Crippen LogP contribution < -0.4 is 4.90 Å². The minimum Gasteiger partial charge on any atom is -0.377 e. The molecule has 1 amide bonds. The Morgan fingerprint density at radius 1 is 1.36 bits per heavy atom. The van der Waals surface area contributed by atoms with Gasteiger partial charge in [0.1, 0.15) is 5.75 Å². The smallest absolute Gasteiger partial charge is 0.242 e. The van der Waals surface area contributed by atoms with Crippen LogP contribution in [0.2, 0.25) is 0 Å². The topological polar surface area (TPSA) is 63.7 Å². The van der Waals surface area contributed by atoms with Gasteiger partial charge in [-0.05, 0) is 37.8 Å². The number of hydrogen-bond acceptors (Lipinski definition) is 4. The molecule has 2 atom stereocenters. The Balaban J connectivity index is 1.71. The van der Waals surface area contributed by atoms with Crippen LogP contribution in [0.25, 0.3) is 0 Å². The number of amides is 1. The molecule has 1 aromatic carbocycles. The Labute approximate surface area is 131 Å². The van der Waals surface area contributed by atoms with E-state index in [-0.39, 0.29) is 23.8 Å². The summed E-state index contributed by atoms with van der Waals surface area (Å²) < 4.78 is 29.9. The van der Waals surface area contributed by atoms with E-state index in [4.69, 9.17) is 4.74 Å². The normalized spacial score (nSPS) is 24.5. The van der Waals surface area contributed by atoms with Gasteiger partial charge in [0.05, 0.1) is 11.9 Å². The van der Waals surface area contributed by atoms with Crippen LogP contribution in [0, 0.1) is 0 Å². The van der Waals surface area contributed by atoms with Gasteiger partial charge in [0.2, 0.25) is 5.91 Å². The van der Waals surface area contributed by atoms with E-state index < -0.39 is 15.6 Å².